The number of likely N-dealkylation sites (N-methyl/N-ethyl adjacent to an activating group) is 2. The number of aromatic nitrogens is 8. The summed E-state index contributed by atoms with van der Waals surface area (Å²) in [6, 6.07) is 13.1. The summed E-state index contributed by atoms with van der Waals surface area (Å²) in [6.45, 7) is 3.41. The first-order valence-corrected chi connectivity index (χ1v) is 14.8. The molecule has 0 aliphatic carbocycles. The number of hydrogen-bond donors (Lipinski definition) is 2. The molecule has 0 saturated carbocycles. The number of benzene rings is 1. The number of likely N-dealkylation sites (tertiary alicyclic amines) is 1. The van der Waals surface area contributed by atoms with Crippen LogP contribution in [0.5, 0.6) is 0 Å². The van der Waals surface area contributed by atoms with Crippen LogP contribution >= 0.6 is 0 Å². The maximum Gasteiger partial charge on any atom is 0.295 e. The number of nitrogens with one attached hydrogen (secondary N) is 2. The zero-order valence-corrected chi connectivity index (χ0v) is 24.9. The zero-order valence-electron chi connectivity index (χ0n) is 24.9. The molecule has 2 amide bonds. The number of rotatable bonds is 7. The van der Waals surface area contributed by atoms with Crippen LogP contribution in [-0.4, -0.2) is 132 Å². The number of pyridine rings is 1. The SMILES string of the molecule is CN1CCC(N(C)C(=O)c2cc(-c3nccc4c(C(=O)C(=O)N5CCN(c6nnnn6-c6ccccc6)CC5)c[nH]c34)n[nH]2)C1. The van der Waals surface area contributed by atoms with Crippen LogP contribution in [0.4, 0.5) is 5.95 Å². The lowest BCUT2D eigenvalue weighted by Crippen LogP contribution is -2.51. The van der Waals surface area contributed by atoms with Crippen LogP contribution in [0.3, 0.4) is 0 Å². The van der Waals surface area contributed by atoms with Crippen LogP contribution in [0.1, 0.15) is 27.3 Å². The van der Waals surface area contributed by atoms with Crippen LogP contribution < -0.4 is 4.90 Å². The summed E-state index contributed by atoms with van der Waals surface area (Å²) in [7, 11) is 3.85. The van der Waals surface area contributed by atoms with Crippen LogP contribution in [0.2, 0.25) is 0 Å². The minimum atomic E-state index is -0.609. The van der Waals surface area contributed by atoms with Gasteiger partial charge in [-0.1, -0.05) is 23.3 Å². The molecule has 45 heavy (non-hydrogen) atoms. The van der Waals surface area contributed by atoms with E-state index in [9.17, 15) is 14.4 Å². The summed E-state index contributed by atoms with van der Waals surface area (Å²) in [4.78, 5) is 55.1. The highest BCUT2D eigenvalue weighted by molar-refractivity contribution is 6.45. The Morgan fingerprint density at radius 1 is 1.02 bits per heavy atom. The van der Waals surface area contributed by atoms with Gasteiger partial charge in [-0.05, 0) is 54.7 Å². The maximum absolute atomic E-state index is 13.5. The van der Waals surface area contributed by atoms with Crippen molar-refractivity contribution in [3.63, 3.8) is 0 Å². The third kappa shape index (κ3) is 5.20. The van der Waals surface area contributed by atoms with Gasteiger partial charge in [0.1, 0.15) is 17.1 Å². The number of hydrogen-bond acceptors (Lipinski definition) is 10. The van der Waals surface area contributed by atoms with E-state index in [4.69, 9.17) is 0 Å². The third-order valence-electron chi connectivity index (χ3n) is 8.63. The summed E-state index contributed by atoms with van der Waals surface area (Å²) in [5, 5.41) is 19.9. The molecule has 2 fully saturated rings. The van der Waals surface area contributed by atoms with Crippen molar-refractivity contribution >= 4 is 34.4 Å². The molecule has 0 radical (unpaired) electrons. The Balaban J connectivity index is 1.05. The number of ketones is 1. The van der Waals surface area contributed by atoms with Crippen molar-refractivity contribution in [2.24, 2.45) is 0 Å². The summed E-state index contributed by atoms with van der Waals surface area (Å²) < 4.78 is 1.66. The molecule has 2 aliphatic rings. The van der Waals surface area contributed by atoms with E-state index >= 15 is 0 Å². The Morgan fingerprint density at radius 3 is 2.58 bits per heavy atom. The van der Waals surface area contributed by atoms with E-state index in [1.165, 1.54) is 6.20 Å². The molecule has 2 N–H and O–H groups in total. The highest BCUT2D eigenvalue weighted by Gasteiger charge is 2.31. The van der Waals surface area contributed by atoms with Crippen molar-refractivity contribution in [3.8, 4) is 17.1 Å². The Bertz CT molecular complexity index is 1870. The van der Waals surface area contributed by atoms with Gasteiger partial charge < -0.3 is 24.6 Å². The largest absolute Gasteiger partial charge is 0.359 e. The minimum Gasteiger partial charge on any atom is -0.359 e. The molecule has 1 aromatic carbocycles. The smallest absolute Gasteiger partial charge is 0.295 e. The molecule has 5 aromatic rings. The van der Waals surface area contributed by atoms with Crippen molar-refractivity contribution in [2.45, 2.75) is 12.5 Å². The second-order valence-electron chi connectivity index (χ2n) is 11.4. The summed E-state index contributed by atoms with van der Waals surface area (Å²) in [5.41, 5.74) is 2.94. The molecule has 0 spiro atoms. The monoisotopic (exact) mass is 608 g/mol. The van der Waals surface area contributed by atoms with Gasteiger partial charge in [-0.2, -0.15) is 9.78 Å². The molecule has 230 valence electrons. The molecular weight excluding hydrogens is 576 g/mol. The third-order valence-corrected chi connectivity index (χ3v) is 8.63. The van der Waals surface area contributed by atoms with Crippen LogP contribution in [-0.2, 0) is 4.79 Å². The second kappa shape index (κ2) is 11.6. The maximum atomic E-state index is 13.5. The fourth-order valence-corrected chi connectivity index (χ4v) is 6.06. The van der Waals surface area contributed by atoms with Gasteiger partial charge >= 0.3 is 0 Å². The highest BCUT2D eigenvalue weighted by Crippen LogP contribution is 2.28. The quantitative estimate of drug-likeness (QED) is 0.203. The predicted molar refractivity (Wildman–Crippen MR) is 164 cm³/mol. The van der Waals surface area contributed by atoms with E-state index in [1.807, 2.05) is 42.3 Å². The number of Topliss-reactive ketones (excluding diaryl/α,β-unsaturated/α-hetero) is 1. The van der Waals surface area contributed by atoms with Gasteiger partial charge in [0.05, 0.1) is 16.8 Å². The molecule has 6 heterocycles. The van der Waals surface area contributed by atoms with E-state index < -0.39 is 11.7 Å². The number of carbonyl (C=O) groups excluding carboxylic acids is 3. The Kier molecular flexibility index (Phi) is 7.29. The molecule has 1 unspecified atom stereocenters. The Morgan fingerprint density at radius 2 is 1.82 bits per heavy atom. The minimum absolute atomic E-state index is 0.139. The molecule has 2 saturated heterocycles. The fourth-order valence-electron chi connectivity index (χ4n) is 6.06. The van der Waals surface area contributed by atoms with E-state index in [0.717, 1.165) is 25.2 Å². The van der Waals surface area contributed by atoms with Gasteiger partial charge in [-0.15, -0.1) is 0 Å². The normalized spacial score (nSPS) is 17.2. The molecule has 15 nitrogen and oxygen atoms in total. The molecule has 15 heteroatoms. The van der Waals surface area contributed by atoms with E-state index in [2.05, 4.69) is 40.6 Å². The summed E-state index contributed by atoms with van der Waals surface area (Å²) >= 11 is 0. The van der Waals surface area contributed by atoms with Gasteiger partial charge in [0.25, 0.3) is 17.6 Å². The lowest BCUT2D eigenvalue weighted by Gasteiger charge is -2.34. The first kappa shape index (κ1) is 28.3. The standard InChI is InChI=1S/C30H32N12O3/c1-38-11-9-20(18-38)39(2)28(44)24-16-23(33-34-24)26-25-21(8-10-31-26)22(17-32-25)27(43)29(45)40-12-14-41(15-13-40)30-35-36-37-42(30)19-6-4-3-5-7-19/h3-8,10,16-17,20,32H,9,11-15,18H2,1-2H3,(H,33,34). The van der Waals surface area contributed by atoms with E-state index in [1.54, 1.807) is 39.9 Å². The van der Waals surface area contributed by atoms with Crippen LogP contribution in [0, 0.1) is 0 Å². The number of fused-ring (bicyclic) bond motifs is 1. The lowest BCUT2D eigenvalue weighted by molar-refractivity contribution is -0.126. The van der Waals surface area contributed by atoms with Crippen molar-refractivity contribution in [2.75, 3.05) is 58.3 Å². The molecular formula is C30H32N12O3. The first-order chi connectivity index (χ1) is 21.9. The van der Waals surface area contributed by atoms with Crippen molar-refractivity contribution < 1.29 is 14.4 Å². The van der Waals surface area contributed by atoms with Gasteiger partial charge in [0.2, 0.25) is 5.95 Å². The van der Waals surface area contributed by atoms with Gasteiger partial charge in [0.15, 0.2) is 0 Å². The van der Waals surface area contributed by atoms with E-state index in [0.29, 0.717) is 60.1 Å². The number of carbonyl (C=O) groups is 3. The van der Waals surface area contributed by atoms with Crippen LogP contribution in [0.25, 0.3) is 28.0 Å². The van der Waals surface area contributed by atoms with Gasteiger partial charge in [-0.3, -0.25) is 24.5 Å². The number of nitrogens with zero attached hydrogens (tertiary/aromatic N) is 10. The van der Waals surface area contributed by atoms with Gasteiger partial charge in [-0.25, -0.2) is 0 Å². The van der Waals surface area contributed by atoms with E-state index in [-0.39, 0.29) is 17.5 Å². The zero-order chi connectivity index (χ0) is 31.1. The fraction of sp³-hybridized carbons (Fsp3) is 0.333. The molecule has 7 rings (SSSR count). The predicted octanol–water partition coefficient (Wildman–Crippen LogP) is 1.24. The van der Waals surface area contributed by atoms with Gasteiger partial charge in [0, 0.05) is 63.6 Å². The van der Waals surface area contributed by atoms with Crippen LogP contribution in [0.15, 0.2) is 54.9 Å². The van der Waals surface area contributed by atoms with Crippen molar-refractivity contribution in [3.05, 3.63) is 66.1 Å². The molecule has 2 aliphatic heterocycles. The average molecular weight is 609 g/mol. The number of aromatic amines is 2. The second-order valence-corrected chi connectivity index (χ2v) is 11.4. The lowest BCUT2D eigenvalue weighted by atomic mass is 10.1. The Labute approximate surface area is 257 Å². The average Bonchev–Trinajstić information content (AvgIpc) is 3.90. The molecule has 4 aromatic heterocycles. The number of amides is 2. The van der Waals surface area contributed by atoms with Crippen molar-refractivity contribution in [1.82, 2.24) is 55.1 Å². The first-order valence-electron chi connectivity index (χ1n) is 14.8. The summed E-state index contributed by atoms with van der Waals surface area (Å²) in [5.74, 6) is -0.755. The highest BCUT2D eigenvalue weighted by atomic mass is 16.2. The van der Waals surface area contributed by atoms with Crippen molar-refractivity contribution in [1.29, 1.82) is 0 Å². The topological polar surface area (TPSA) is 165 Å². The number of H-pyrrole nitrogens is 2. The number of anilines is 1. The number of piperazine rings is 1. The summed E-state index contributed by atoms with van der Waals surface area (Å²) in [6.07, 6.45) is 4.02. The number of para-hydroxylation sites is 1. The Hall–Kier alpha value is -5.44. The molecule has 1 atom stereocenters. The molecule has 0 bridgehead atoms. The number of tetrazole rings is 1.